The third-order valence-electron chi connectivity index (χ3n) is 7.74. The van der Waals surface area contributed by atoms with Gasteiger partial charge in [-0.25, -0.2) is 0 Å². The van der Waals surface area contributed by atoms with Gasteiger partial charge in [0, 0.05) is 106 Å². The second-order valence-electron chi connectivity index (χ2n) is 12.1. The molecule has 0 aliphatic heterocycles. The molecule has 0 aromatic rings. The van der Waals surface area contributed by atoms with E-state index in [0.717, 1.165) is 51.4 Å². The molecule has 0 amide bonds. The van der Waals surface area contributed by atoms with E-state index >= 15 is 0 Å². The average molecular weight is 920 g/mol. The molecule has 0 N–H and O–H groups in total. The van der Waals surface area contributed by atoms with Crippen LogP contribution >= 0.6 is 41.2 Å². The Labute approximate surface area is 351 Å². The molecule has 0 heterocycles. The maximum Gasteiger partial charge on any atom is 0.500 e. The summed E-state index contributed by atoms with van der Waals surface area (Å²) in [7, 11) is 0.643. The summed E-state index contributed by atoms with van der Waals surface area (Å²) in [6, 6.07) is 1.42. The molecular formula is C34H78O12S4Si4. The lowest BCUT2D eigenvalue weighted by atomic mass is 10.4. The molecule has 0 aliphatic carbocycles. The first-order valence-electron chi connectivity index (χ1n) is 20.3. The highest BCUT2D eigenvalue weighted by Crippen LogP contribution is 2.50. The zero-order chi connectivity index (χ0) is 40.2. The van der Waals surface area contributed by atoms with E-state index in [2.05, 4.69) is 13.8 Å². The van der Waals surface area contributed by atoms with Crippen molar-refractivity contribution in [3.05, 3.63) is 0 Å². The van der Waals surface area contributed by atoms with Gasteiger partial charge < -0.3 is 53.7 Å². The van der Waals surface area contributed by atoms with Crippen molar-refractivity contribution >= 4 is 77.4 Å². The number of hydrogen-bond acceptors (Lipinski definition) is 16. The first-order chi connectivity index (χ1) is 26.3. The number of ether oxygens (including phenoxy) is 2. The summed E-state index contributed by atoms with van der Waals surface area (Å²) < 4.78 is 74.6. The third kappa shape index (κ3) is 26.8. The van der Waals surface area contributed by atoms with Gasteiger partial charge in [-0.15, -0.1) is 0 Å². The molecule has 4 atom stereocenters. The fourth-order valence-electron chi connectivity index (χ4n) is 5.20. The van der Waals surface area contributed by atoms with Crippen molar-refractivity contribution in [3.8, 4) is 0 Å². The molecule has 326 valence electrons. The van der Waals surface area contributed by atoms with Crippen molar-refractivity contribution in [2.24, 2.45) is 0 Å². The fourth-order valence-corrected chi connectivity index (χ4v) is 27.0. The van der Waals surface area contributed by atoms with Crippen molar-refractivity contribution in [1.29, 1.82) is 0 Å². The summed E-state index contributed by atoms with van der Waals surface area (Å²) in [5.74, 6) is 0. The first-order valence-corrected chi connectivity index (χ1v) is 32.3. The minimum absolute atomic E-state index is 0.139. The molecule has 0 spiro atoms. The molecule has 0 rings (SSSR count). The van der Waals surface area contributed by atoms with Crippen molar-refractivity contribution in [2.45, 2.75) is 129 Å². The molecule has 0 fully saturated rings. The van der Waals surface area contributed by atoms with Gasteiger partial charge >= 0.3 is 36.2 Å². The van der Waals surface area contributed by atoms with Gasteiger partial charge in [0.15, 0.2) is 0 Å². The van der Waals surface area contributed by atoms with Gasteiger partial charge in [-0.3, -0.25) is 0 Å². The lowest BCUT2D eigenvalue weighted by molar-refractivity contribution is 0.0648. The monoisotopic (exact) mass is 918 g/mol. The highest BCUT2D eigenvalue weighted by atomic mass is 33.7. The van der Waals surface area contributed by atoms with E-state index in [1.807, 2.05) is 63.1 Å². The van der Waals surface area contributed by atoms with Crippen LogP contribution in [0.3, 0.4) is 0 Å². The zero-order valence-corrected chi connectivity index (χ0v) is 43.0. The first kappa shape index (κ1) is 55.8. The Balaban J connectivity index is 6.20. The van der Waals surface area contributed by atoms with Crippen molar-refractivity contribution in [3.63, 3.8) is 0 Å². The van der Waals surface area contributed by atoms with Crippen LogP contribution in [-0.4, -0.2) is 139 Å². The summed E-state index contributed by atoms with van der Waals surface area (Å²) >= 11 is 0. The summed E-state index contributed by atoms with van der Waals surface area (Å²) in [5.41, 5.74) is 0. The summed E-state index contributed by atoms with van der Waals surface area (Å²) in [4.78, 5) is 0.277. The lowest BCUT2D eigenvalue weighted by Gasteiger charge is -2.32. The Bertz CT molecular complexity index is 739. The van der Waals surface area contributed by atoms with Gasteiger partial charge in [0.2, 0.25) is 0 Å². The number of hydrogen-bond donors (Lipinski definition) is 0. The van der Waals surface area contributed by atoms with E-state index in [-0.39, 0.29) is 9.75 Å². The zero-order valence-electron chi connectivity index (χ0n) is 35.4. The molecule has 0 radical (unpaired) electrons. The summed E-state index contributed by atoms with van der Waals surface area (Å²) in [6.07, 6.45) is 7.34. The van der Waals surface area contributed by atoms with Gasteiger partial charge in [0.25, 0.3) is 0 Å². The van der Waals surface area contributed by atoms with Gasteiger partial charge in [0.1, 0.15) is 0 Å². The van der Waals surface area contributed by atoms with E-state index in [9.17, 15) is 0 Å². The largest absolute Gasteiger partial charge is 0.500 e. The van der Waals surface area contributed by atoms with E-state index in [1.165, 1.54) is 0 Å². The van der Waals surface area contributed by atoms with E-state index in [4.69, 9.17) is 53.7 Å². The minimum Gasteiger partial charge on any atom is -0.396 e. The van der Waals surface area contributed by atoms with Crippen LogP contribution in [0.1, 0.15) is 107 Å². The molecule has 0 aliphatic rings. The molecular weight excluding hydrogens is 841 g/mol. The predicted molar refractivity (Wildman–Crippen MR) is 239 cm³/mol. The maximum atomic E-state index is 6.50. The Kier molecular flexibility index (Phi) is 40.2. The van der Waals surface area contributed by atoms with Crippen molar-refractivity contribution in [1.82, 2.24) is 0 Å². The van der Waals surface area contributed by atoms with Gasteiger partial charge in [-0.05, 0) is 99.7 Å². The Morgan fingerprint density at radius 2 is 0.796 bits per heavy atom. The van der Waals surface area contributed by atoms with Crippen molar-refractivity contribution in [2.75, 3.05) is 93.5 Å². The Hall–Kier alpha value is 1.79. The summed E-state index contributed by atoms with van der Waals surface area (Å²) in [5, 5.41) is 0. The van der Waals surface area contributed by atoms with Crippen LogP contribution in [-0.2, 0) is 53.7 Å². The van der Waals surface area contributed by atoms with Crippen molar-refractivity contribution < 1.29 is 53.7 Å². The topological polar surface area (TPSA) is 111 Å². The number of methoxy groups -OCH3 is 2. The van der Waals surface area contributed by atoms with Crippen LogP contribution in [0.15, 0.2) is 0 Å². The van der Waals surface area contributed by atoms with Crippen LogP contribution in [0, 0.1) is 0 Å². The Morgan fingerprint density at radius 1 is 0.426 bits per heavy atom. The van der Waals surface area contributed by atoms with E-state index < -0.39 is 36.2 Å². The van der Waals surface area contributed by atoms with Gasteiger partial charge in [-0.2, -0.15) is 0 Å². The highest BCUT2D eigenvalue weighted by Gasteiger charge is 2.44. The minimum atomic E-state index is -2.88. The number of unbranched alkanes of at least 4 members (excludes halogenated alkanes) is 2. The van der Waals surface area contributed by atoms with Crippen LogP contribution in [0.5, 0.6) is 0 Å². The fraction of sp³-hybridized carbons (Fsp3) is 1.00. The standard InChI is InChI=1S/C34H78O12S4Si4/c1-11-19-29-45-53(41-15-5,42-16-6)31-23-33(51(37-13-3)39-27-21-25-35-9)47-49-50-48-34(52(38-14-4)40-28-22-26-36-10)24-32-54(43-17-7,44-18-8)46-30-20-12-2/h33-34,51-52H,11-32H2,1-10H3. The average Bonchev–Trinajstić information content (AvgIpc) is 3.16. The second kappa shape index (κ2) is 39.0. The maximum absolute atomic E-state index is 6.50. The number of rotatable bonds is 43. The molecule has 0 aromatic carbocycles. The molecule has 0 saturated heterocycles. The normalized spacial score (nSPS) is 14.8. The molecule has 0 aromatic heterocycles. The van der Waals surface area contributed by atoms with Gasteiger partial charge in [-0.1, -0.05) is 48.3 Å². The molecule has 0 bridgehead atoms. The molecule has 20 heteroatoms. The molecule has 0 saturated carbocycles. The van der Waals surface area contributed by atoms with E-state index in [0.29, 0.717) is 91.4 Å². The van der Waals surface area contributed by atoms with Crippen LogP contribution < -0.4 is 0 Å². The van der Waals surface area contributed by atoms with Crippen LogP contribution in [0.2, 0.25) is 12.1 Å². The van der Waals surface area contributed by atoms with Crippen LogP contribution in [0.4, 0.5) is 0 Å². The molecule has 4 unspecified atom stereocenters. The molecule has 12 nitrogen and oxygen atoms in total. The molecule has 54 heavy (non-hydrogen) atoms. The van der Waals surface area contributed by atoms with E-state index in [1.54, 1.807) is 33.9 Å². The highest BCUT2D eigenvalue weighted by molar-refractivity contribution is 9.26. The lowest BCUT2D eigenvalue weighted by Crippen LogP contribution is -2.47. The SMILES string of the molecule is CCCCO[Si](CCC(SSSSC(CC[Si](OCC)(OCC)OCCCC)[SiH](OCC)OCCCOC)[SiH](OCC)OCCCOC)(OCC)OCC. The second-order valence-corrected chi connectivity index (χ2v) is 29.2. The quantitative estimate of drug-likeness (QED) is 0.0331. The smallest absolute Gasteiger partial charge is 0.396 e. The van der Waals surface area contributed by atoms with Crippen LogP contribution in [0.25, 0.3) is 0 Å². The Morgan fingerprint density at radius 3 is 1.09 bits per heavy atom. The van der Waals surface area contributed by atoms with Gasteiger partial charge in [0.05, 0.1) is 9.75 Å². The summed E-state index contributed by atoms with van der Waals surface area (Å²) in [6.45, 7) is 23.7. The predicted octanol–water partition coefficient (Wildman–Crippen LogP) is 8.54. The third-order valence-corrected chi connectivity index (χ3v) is 28.1.